The molecule has 1 N–H and O–H groups in total. The molecule has 110 valence electrons. The molecule has 21 heavy (non-hydrogen) atoms. The number of ether oxygens (including phenoxy) is 2. The van der Waals surface area contributed by atoms with E-state index >= 15 is 0 Å². The van der Waals surface area contributed by atoms with Crippen LogP contribution in [0.2, 0.25) is 0 Å². The topological polar surface area (TPSA) is 68.7 Å². The molecule has 0 radical (unpaired) electrons. The molecule has 0 fully saturated rings. The minimum absolute atomic E-state index is 0.186. The summed E-state index contributed by atoms with van der Waals surface area (Å²) in [6.07, 6.45) is 1.36. The van der Waals surface area contributed by atoms with Gasteiger partial charge in [0.15, 0.2) is 11.5 Å². The van der Waals surface area contributed by atoms with Crippen LogP contribution in [0.4, 0.5) is 0 Å². The summed E-state index contributed by atoms with van der Waals surface area (Å²) in [7, 11) is 3.20. The lowest BCUT2D eigenvalue weighted by molar-refractivity contribution is 0.0696. The van der Waals surface area contributed by atoms with Crippen LogP contribution in [0.25, 0.3) is 0 Å². The van der Waals surface area contributed by atoms with Crippen molar-refractivity contribution in [2.75, 3.05) is 14.2 Å². The molecule has 0 unspecified atom stereocenters. The van der Waals surface area contributed by atoms with E-state index in [0.29, 0.717) is 17.3 Å². The molecule has 0 aliphatic rings. The standard InChI is InChI=1S/C15H15NO4S/c1-19-12-5-3-10(7-13(12)20-2)9-21-14-6-4-11(8-16-14)15(17)18/h3-8H,9H2,1-2H3,(H,17,18). The van der Waals surface area contributed by atoms with E-state index in [4.69, 9.17) is 14.6 Å². The van der Waals surface area contributed by atoms with Crippen molar-refractivity contribution >= 4 is 17.7 Å². The minimum atomic E-state index is -0.973. The molecule has 2 aromatic rings. The number of pyridine rings is 1. The first-order valence-corrected chi connectivity index (χ1v) is 7.15. The average Bonchev–Trinajstić information content (AvgIpc) is 2.52. The molecule has 1 heterocycles. The number of methoxy groups -OCH3 is 2. The van der Waals surface area contributed by atoms with Gasteiger partial charge in [-0.15, -0.1) is 11.8 Å². The normalized spacial score (nSPS) is 10.2. The third kappa shape index (κ3) is 3.88. The number of carbonyl (C=O) groups is 1. The van der Waals surface area contributed by atoms with E-state index in [1.165, 1.54) is 18.0 Å². The summed E-state index contributed by atoms with van der Waals surface area (Å²) < 4.78 is 10.4. The van der Waals surface area contributed by atoms with Gasteiger partial charge in [-0.3, -0.25) is 0 Å². The van der Waals surface area contributed by atoms with Crippen LogP contribution >= 0.6 is 11.8 Å². The van der Waals surface area contributed by atoms with Gasteiger partial charge in [0.2, 0.25) is 0 Å². The zero-order chi connectivity index (χ0) is 15.2. The second-order valence-electron chi connectivity index (χ2n) is 4.17. The Morgan fingerprint density at radius 2 is 1.95 bits per heavy atom. The highest BCUT2D eigenvalue weighted by Crippen LogP contribution is 2.30. The molecule has 0 amide bonds. The molecule has 2 rings (SSSR count). The Morgan fingerprint density at radius 1 is 1.19 bits per heavy atom. The zero-order valence-electron chi connectivity index (χ0n) is 11.7. The first-order valence-electron chi connectivity index (χ1n) is 6.17. The van der Waals surface area contributed by atoms with Crippen molar-refractivity contribution in [1.82, 2.24) is 4.98 Å². The summed E-state index contributed by atoms with van der Waals surface area (Å²) in [5, 5.41) is 9.59. The Hall–Kier alpha value is -2.21. The number of carboxylic acid groups (broad SMARTS) is 1. The molecule has 0 saturated heterocycles. The number of aromatic carboxylic acids is 1. The van der Waals surface area contributed by atoms with Gasteiger partial charge in [-0.25, -0.2) is 9.78 Å². The van der Waals surface area contributed by atoms with Crippen LogP contribution in [0.3, 0.4) is 0 Å². The number of rotatable bonds is 6. The van der Waals surface area contributed by atoms with E-state index in [9.17, 15) is 4.79 Å². The van der Waals surface area contributed by atoms with Crippen LogP contribution in [0.15, 0.2) is 41.6 Å². The summed E-state index contributed by atoms with van der Waals surface area (Å²) >= 11 is 1.53. The van der Waals surface area contributed by atoms with Crippen LogP contribution in [0.1, 0.15) is 15.9 Å². The Bertz CT molecular complexity index is 628. The first-order chi connectivity index (χ1) is 10.1. The molecule has 1 aromatic heterocycles. The maximum atomic E-state index is 10.7. The molecule has 0 saturated carbocycles. The van der Waals surface area contributed by atoms with Crippen LogP contribution in [0.5, 0.6) is 11.5 Å². The van der Waals surface area contributed by atoms with Gasteiger partial charge >= 0.3 is 5.97 Å². The summed E-state index contributed by atoms with van der Waals surface area (Å²) in [4.78, 5) is 14.9. The van der Waals surface area contributed by atoms with Crippen molar-refractivity contribution in [3.8, 4) is 11.5 Å². The highest BCUT2D eigenvalue weighted by atomic mass is 32.2. The largest absolute Gasteiger partial charge is 0.493 e. The Morgan fingerprint density at radius 3 is 2.52 bits per heavy atom. The molecule has 0 aliphatic heterocycles. The van der Waals surface area contributed by atoms with Gasteiger partial charge in [-0.2, -0.15) is 0 Å². The van der Waals surface area contributed by atoms with Crippen LogP contribution in [0, 0.1) is 0 Å². The van der Waals surface area contributed by atoms with E-state index in [0.717, 1.165) is 10.6 Å². The number of benzene rings is 1. The lowest BCUT2D eigenvalue weighted by Gasteiger charge is -2.09. The predicted molar refractivity (Wildman–Crippen MR) is 80.3 cm³/mol. The Labute approximate surface area is 126 Å². The number of aromatic nitrogens is 1. The molecule has 1 aromatic carbocycles. The molecule has 0 bridgehead atoms. The number of hydrogen-bond donors (Lipinski definition) is 1. The van der Waals surface area contributed by atoms with Crippen molar-refractivity contribution < 1.29 is 19.4 Å². The minimum Gasteiger partial charge on any atom is -0.493 e. The van der Waals surface area contributed by atoms with Crippen molar-refractivity contribution in [2.24, 2.45) is 0 Å². The van der Waals surface area contributed by atoms with E-state index in [2.05, 4.69) is 4.98 Å². The quantitative estimate of drug-likeness (QED) is 0.827. The Kier molecular flexibility index (Phi) is 5.05. The summed E-state index contributed by atoms with van der Waals surface area (Å²) in [5.41, 5.74) is 1.26. The number of thioether (sulfide) groups is 1. The van der Waals surface area contributed by atoms with Crippen LogP contribution in [-0.4, -0.2) is 30.3 Å². The van der Waals surface area contributed by atoms with Gasteiger partial charge < -0.3 is 14.6 Å². The van der Waals surface area contributed by atoms with Crippen LogP contribution in [-0.2, 0) is 5.75 Å². The van der Waals surface area contributed by atoms with Crippen molar-refractivity contribution in [2.45, 2.75) is 10.8 Å². The second-order valence-corrected chi connectivity index (χ2v) is 5.16. The third-order valence-corrected chi connectivity index (χ3v) is 3.83. The molecule has 0 atom stereocenters. The smallest absolute Gasteiger partial charge is 0.337 e. The highest BCUT2D eigenvalue weighted by molar-refractivity contribution is 7.98. The highest BCUT2D eigenvalue weighted by Gasteiger charge is 2.06. The fraction of sp³-hybridized carbons (Fsp3) is 0.200. The molecule has 5 nitrogen and oxygen atoms in total. The van der Waals surface area contributed by atoms with E-state index in [1.54, 1.807) is 26.4 Å². The fourth-order valence-corrected chi connectivity index (χ4v) is 2.51. The first kappa shape index (κ1) is 15.2. The van der Waals surface area contributed by atoms with Gasteiger partial charge in [0.05, 0.1) is 24.8 Å². The van der Waals surface area contributed by atoms with Crippen molar-refractivity contribution in [3.63, 3.8) is 0 Å². The van der Waals surface area contributed by atoms with Crippen molar-refractivity contribution in [1.29, 1.82) is 0 Å². The monoisotopic (exact) mass is 305 g/mol. The van der Waals surface area contributed by atoms with E-state index < -0.39 is 5.97 Å². The maximum Gasteiger partial charge on any atom is 0.337 e. The zero-order valence-corrected chi connectivity index (χ0v) is 12.5. The average molecular weight is 305 g/mol. The van der Waals surface area contributed by atoms with Gasteiger partial charge in [0.1, 0.15) is 0 Å². The number of carboxylic acids is 1. The predicted octanol–water partition coefficient (Wildman–Crippen LogP) is 3.09. The third-order valence-electron chi connectivity index (χ3n) is 2.82. The van der Waals surface area contributed by atoms with Gasteiger partial charge in [0, 0.05) is 11.9 Å². The summed E-state index contributed by atoms with van der Waals surface area (Å²) in [5.74, 6) is 1.11. The second kappa shape index (κ2) is 6.99. The van der Waals surface area contributed by atoms with Gasteiger partial charge in [-0.1, -0.05) is 6.07 Å². The molecular formula is C15H15NO4S. The van der Waals surface area contributed by atoms with Gasteiger partial charge in [0.25, 0.3) is 0 Å². The summed E-state index contributed by atoms with van der Waals surface area (Å²) in [6.45, 7) is 0. The number of nitrogens with zero attached hydrogens (tertiary/aromatic N) is 1. The fourth-order valence-electron chi connectivity index (χ4n) is 1.72. The van der Waals surface area contributed by atoms with E-state index in [1.807, 2.05) is 18.2 Å². The molecule has 0 spiro atoms. The van der Waals surface area contributed by atoms with Crippen LogP contribution < -0.4 is 9.47 Å². The lowest BCUT2D eigenvalue weighted by Crippen LogP contribution is -1.96. The Balaban J connectivity index is 2.04. The molecular weight excluding hydrogens is 290 g/mol. The van der Waals surface area contributed by atoms with Gasteiger partial charge in [-0.05, 0) is 29.8 Å². The maximum absolute atomic E-state index is 10.7. The number of hydrogen-bond acceptors (Lipinski definition) is 5. The van der Waals surface area contributed by atoms with E-state index in [-0.39, 0.29) is 5.56 Å². The molecule has 0 aliphatic carbocycles. The SMILES string of the molecule is COc1ccc(CSc2ccc(C(=O)O)cn2)cc1OC. The summed E-state index contributed by atoms with van der Waals surface area (Å²) in [6, 6.07) is 8.98. The van der Waals surface area contributed by atoms with Crippen molar-refractivity contribution in [3.05, 3.63) is 47.7 Å². The lowest BCUT2D eigenvalue weighted by atomic mass is 10.2. The molecule has 6 heteroatoms.